The molecule has 0 aliphatic heterocycles. The van der Waals surface area contributed by atoms with Crippen molar-refractivity contribution in [1.82, 2.24) is 0 Å². The highest BCUT2D eigenvalue weighted by Crippen LogP contribution is 2.17. The first-order chi connectivity index (χ1) is 32.6. The van der Waals surface area contributed by atoms with Crippen molar-refractivity contribution in [2.75, 3.05) is 19.8 Å². The second-order valence-corrected chi connectivity index (χ2v) is 20.6. The highest BCUT2D eigenvalue weighted by molar-refractivity contribution is 5.70. The molecule has 0 heterocycles. The Kier molecular flexibility index (Phi) is 56.8. The number of rotatable bonds is 57. The molecule has 5 heteroatoms. The molecular weight excluding hydrogens is 813 g/mol. The van der Waals surface area contributed by atoms with Crippen molar-refractivity contribution in [2.24, 2.45) is 0 Å². The van der Waals surface area contributed by atoms with Gasteiger partial charge in [0.25, 0.3) is 0 Å². The highest BCUT2D eigenvalue weighted by atomic mass is 16.6. The van der Waals surface area contributed by atoms with Gasteiger partial charge >= 0.3 is 11.9 Å². The van der Waals surface area contributed by atoms with Crippen LogP contribution in [0.4, 0.5) is 0 Å². The van der Waals surface area contributed by atoms with Gasteiger partial charge in [0.2, 0.25) is 0 Å². The van der Waals surface area contributed by atoms with Gasteiger partial charge in [0.1, 0.15) is 6.61 Å². The molecule has 0 rings (SSSR count). The van der Waals surface area contributed by atoms with E-state index in [2.05, 4.69) is 32.9 Å². The summed E-state index contributed by atoms with van der Waals surface area (Å²) in [5.41, 5.74) is 0. The number of hydrogen-bond donors (Lipinski definition) is 0. The second kappa shape index (κ2) is 58.0. The Labute approximate surface area is 414 Å². The van der Waals surface area contributed by atoms with Crippen LogP contribution in [0.2, 0.25) is 0 Å². The third-order valence-corrected chi connectivity index (χ3v) is 13.8. The molecule has 0 amide bonds. The van der Waals surface area contributed by atoms with Crippen molar-refractivity contribution >= 4 is 11.9 Å². The maximum atomic E-state index is 12.9. The zero-order chi connectivity index (χ0) is 47.7. The quantitative estimate of drug-likeness (QED) is 0.0345. The van der Waals surface area contributed by atoms with Crippen molar-refractivity contribution in [3.05, 3.63) is 12.2 Å². The Morgan fingerprint density at radius 1 is 0.318 bits per heavy atom. The van der Waals surface area contributed by atoms with E-state index in [9.17, 15) is 9.59 Å². The maximum Gasteiger partial charge on any atom is 0.306 e. The van der Waals surface area contributed by atoms with Crippen LogP contribution >= 0.6 is 0 Å². The summed E-state index contributed by atoms with van der Waals surface area (Å²) in [5.74, 6) is -0.373. The molecule has 1 atom stereocenters. The number of esters is 2. The molecule has 0 aromatic heterocycles. The summed E-state index contributed by atoms with van der Waals surface area (Å²) in [7, 11) is 0. The number of ether oxygens (including phenoxy) is 3. The van der Waals surface area contributed by atoms with E-state index in [1.54, 1.807) is 0 Å². The van der Waals surface area contributed by atoms with Crippen LogP contribution in [0.25, 0.3) is 0 Å². The Balaban J connectivity index is 4.21. The molecule has 66 heavy (non-hydrogen) atoms. The molecule has 0 saturated carbocycles. The van der Waals surface area contributed by atoms with Gasteiger partial charge in [0, 0.05) is 19.4 Å². The van der Waals surface area contributed by atoms with Crippen LogP contribution in [0.3, 0.4) is 0 Å². The molecule has 0 spiro atoms. The number of unbranched alkanes of at least 4 members (excludes halogenated alkanes) is 44. The van der Waals surface area contributed by atoms with Gasteiger partial charge in [-0.1, -0.05) is 296 Å². The molecule has 0 aromatic rings. The normalized spacial score (nSPS) is 12.1. The lowest BCUT2D eigenvalue weighted by atomic mass is 10.0. The standard InChI is InChI=1S/C61H118O5/c1-4-7-10-13-16-19-22-25-28-31-33-36-39-42-45-48-51-54-60(62)65-58-59(57-64-56-53-50-47-44-41-38-35-30-27-24-21-18-15-12-9-6-3)66-61(63)55-52-49-46-43-40-37-34-32-29-26-23-20-17-14-11-8-5-2/h25,28,59H,4-24,26-27,29-58H2,1-3H3/b28-25-/t59-/m1/s1. The van der Waals surface area contributed by atoms with E-state index in [4.69, 9.17) is 14.2 Å². The molecule has 392 valence electrons. The van der Waals surface area contributed by atoms with Crippen molar-refractivity contribution < 1.29 is 23.8 Å². The average Bonchev–Trinajstić information content (AvgIpc) is 3.32. The van der Waals surface area contributed by atoms with Gasteiger partial charge in [0.15, 0.2) is 6.10 Å². The lowest BCUT2D eigenvalue weighted by molar-refractivity contribution is -0.163. The SMILES string of the molecule is CCCCCCCC/C=C\CCCCCCCCCC(=O)OC[C@@H](COCCCCCCCCCCCCCCCCCC)OC(=O)CCCCCCCCCCCCCCCCCCC. The van der Waals surface area contributed by atoms with Crippen LogP contribution in [-0.4, -0.2) is 37.9 Å². The monoisotopic (exact) mass is 931 g/mol. The van der Waals surface area contributed by atoms with Gasteiger partial charge < -0.3 is 14.2 Å². The van der Waals surface area contributed by atoms with E-state index in [1.165, 1.54) is 276 Å². The van der Waals surface area contributed by atoms with Crippen LogP contribution in [0, 0.1) is 0 Å². The highest BCUT2D eigenvalue weighted by Gasteiger charge is 2.18. The third kappa shape index (κ3) is 55.2. The molecule has 0 aromatic carbocycles. The van der Waals surface area contributed by atoms with Crippen LogP contribution < -0.4 is 0 Å². The number of carbonyl (C=O) groups excluding carboxylic acids is 2. The fourth-order valence-corrected chi connectivity index (χ4v) is 9.27. The average molecular weight is 932 g/mol. The minimum Gasteiger partial charge on any atom is -0.462 e. The van der Waals surface area contributed by atoms with Gasteiger partial charge in [-0.3, -0.25) is 9.59 Å². The van der Waals surface area contributed by atoms with Gasteiger partial charge in [0.05, 0.1) is 6.61 Å². The molecule has 0 N–H and O–H groups in total. The predicted octanol–water partition coefficient (Wildman–Crippen LogP) is 20.6. The topological polar surface area (TPSA) is 61.8 Å². The lowest BCUT2D eigenvalue weighted by Gasteiger charge is -2.18. The zero-order valence-corrected chi connectivity index (χ0v) is 45.2. The van der Waals surface area contributed by atoms with Gasteiger partial charge in [-0.25, -0.2) is 0 Å². The van der Waals surface area contributed by atoms with E-state index < -0.39 is 6.10 Å². The van der Waals surface area contributed by atoms with Crippen molar-refractivity contribution in [2.45, 2.75) is 348 Å². The number of hydrogen-bond acceptors (Lipinski definition) is 5. The molecule has 0 bridgehead atoms. The van der Waals surface area contributed by atoms with Crippen LogP contribution in [0.5, 0.6) is 0 Å². The smallest absolute Gasteiger partial charge is 0.306 e. The molecule has 5 nitrogen and oxygen atoms in total. The fraction of sp³-hybridized carbons (Fsp3) is 0.934. The van der Waals surface area contributed by atoms with E-state index in [1.807, 2.05) is 0 Å². The Morgan fingerprint density at radius 3 is 0.924 bits per heavy atom. The van der Waals surface area contributed by atoms with E-state index in [-0.39, 0.29) is 18.5 Å². The fourth-order valence-electron chi connectivity index (χ4n) is 9.27. The molecule has 0 aliphatic carbocycles. The molecule has 0 fully saturated rings. The largest absolute Gasteiger partial charge is 0.462 e. The summed E-state index contributed by atoms with van der Waals surface area (Å²) in [6.07, 6.45) is 68.1. The summed E-state index contributed by atoms with van der Waals surface area (Å²) in [4.78, 5) is 25.5. The van der Waals surface area contributed by atoms with Crippen LogP contribution in [0.1, 0.15) is 342 Å². The van der Waals surface area contributed by atoms with E-state index in [0.29, 0.717) is 26.1 Å². The van der Waals surface area contributed by atoms with E-state index in [0.717, 1.165) is 32.1 Å². The molecule has 0 aliphatic rings. The van der Waals surface area contributed by atoms with Crippen LogP contribution in [-0.2, 0) is 23.8 Å². The summed E-state index contributed by atoms with van der Waals surface area (Å²) < 4.78 is 17.5. The summed E-state index contributed by atoms with van der Waals surface area (Å²) in [5, 5.41) is 0. The third-order valence-electron chi connectivity index (χ3n) is 13.8. The summed E-state index contributed by atoms with van der Waals surface area (Å²) >= 11 is 0. The predicted molar refractivity (Wildman–Crippen MR) is 289 cm³/mol. The molecule has 0 radical (unpaired) electrons. The first kappa shape index (κ1) is 64.6. The number of allylic oxidation sites excluding steroid dienone is 2. The molecule has 0 unspecified atom stereocenters. The first-order valence-electron chi connectivity index (χ1n) is 30.2. The van der Waals surface area contributed by atoms with Crippen molar-refractivity contribution in [3.8, 4) is 0 Å². The molecular formula is C61H118O5. The Morgan fingerprint density at radius 2 is 0.591 bits per heavy atom. The molecule has 0 saturated heterocycles. The van der Waals surface area contributed by atoms with Crippen LogP contribution in [0.15, 0.2) is 12.2 Å². The number of carbonyl (C=O) groups is 2. The van der Waals surface area contributed by atoms with Gasteiger partial charge in [-0.05, 0) is 44.9 Å². The minimum atomic E-state index is -0.529. The van der Waals surface area contributed by atoms with Crippen molar-refractivity contribution in [3.63, 3.8) is 0 Å². The van der Waals surface area contributed by atoms with Gasteiger partial charge in [-0.2, -0.15) is 0 Å². The maximum absolute atomic E-state index is 12.9. The van der Waals surface area contributed by atoms with Crippen molar-refractivity contribution in [1.29, 1.82) is 0 Å². The Hall–Kier alpha value is -1.36. The minimum absolute atomic E-state index is 0.0932. The summed E-state index contributed by atoms with van der Waals surface area (Å²) in [6, 6.07) is 0. The zero-order valence-electron chi connectivity index (χ0n) is 45.2. The summed E-state index contributed by atoms with van der Waals surface area (Å²) in [6.45, 7) is 7.91. The van der Waals surface area contributed by atoms with E-state index >= 15 is 0 Å². The Bertz CT molecular complexity index is 963. The second-order valence-electron chi connectivity index (χ2n) is 20.6. The van der Waals surface area contributed by atoms with Gasteiger partial charge in [-0.15, -0.1) is 0 Å². The lowest BCUT2D eigenvalue weighted by Crippen LogP contribution is -2.30. The first-order valence-corrected chi connectivity index (χ1v) is 30.2.